The van der Waals surface area contributed by atoms with Crippen molar-refractivity contribution in [2.24, 2.45) is 11.1 Å². The van der Waals surface area contributed by atoms with Gasteiger partial charge in [-0.05, 0) is 31.2 Å². The molecular weight excluding hydrogens is 192 g/mol. The molecule has 4 nitrogen and oxygen atoms in total. The van der Waals surface area contributed by atoms with Crippen LogP contribution in [0.1, 0.15) is 32.1 Å². The van der Waals surface area contributed by atoms with Crippen LogP contribution in [0.15, 0.2) is 0 Å². The van der Waals surface area contributed by atoms with E-state index < -0.39 is 0 Å². The molecule has 1 heterocycles. The fourth-order valence-electron chi connectivity index (χ4n) is 2.40. The van der Waals surface area contributed by atoms with Gasteiger partial charge in [-0.25, -0.2) is 0 Å². The molecule has 1 saturated heterocycles. The molecule has 1 saturated carbocycles. The van der Waals surface area contributed by atoms with Gasteiger partial charge in [0.15, 0.2) is 0 Å². The summed E-state index contributed by atoms with van der Waals surface area (Å²) in [5, 5.41) is 3.02. The van der Waals surface area contributed by atoms with Crippen molar-refractivity contribution in [1.82, 2.24) is 5.32 Å². The largest absolute Gasteiger partial charge is 0.379 e. The van der Waals surface area contributed by atoms with Gasteiger partial charge in [0.25, 0.3) is 0 Å². The highest BCUT2D eigenvalue weighted by Gasteiger charge is 2.37. The summed E-state index contributed by atoms with van der Waals surface area (Å²) in [7, 11) is 0. The summed E-state index contributed by atoms with van der Waals surface area (Å²) in [6, 6.07) is 0.229. The van der Waals surface area contributed by atoms with E-state index in [0.29, 0.717) is 19.6 Å². The Morgan fingerprint density at radius 3 is 2.80 bits per heavy atom. The maximum Gasteiger partial charge on any atom is 0.220 e. The van der Waals surface area contributed by atoms with Crippen LogP contribution in [0.5, 0.6) is 0 Å². The van der Waals surface area contributed by atoms with Crippen molar-refractivity contribution in [2.45, 2.75) is 38.1 Å². The minimum atomic E-state index is 0.115. The zero-order chi connectivity index (χ0) is 10.7. The number of carbonyl (C=O) groups excluding carboxylic acids is 1. The van der Waals surface area contributed by atoms with E-state index in [2.05, 4.69) is 5.32 Å². The summed E-state index contributed by atoms with van der Waals surface area (Å²) in [5.41, 5.74) is 5.84. The lowest BCUT2D eigenvalue weighted by Gasteiger charge is -2.40. The second-order valence-corrected chi connectivity index (χ2v) is 4.86. The van der Waals surface area contributed by atoms with Gasteiger partial charge >= 0.3 is 0 Å². The number of carbonyl (C=O) groups is 1. The number of rotatable bonds is 4. The van der Waals surface area contributed by atoms with Crippen LogP contribution >= 0.6 is 0 Å². The Morgan fingerprint density at radius 1 is 1.53 bits per heavy atom. The molecule has 0 bridgehead atoms. The third-order valence-electron chi connectivity index (χ3n) is 3.68. The Bertz CT molecular complexity index is 227. The number of hydrogen-bond donors (Lipinski definition) is 2. The van der Waals surface area contributed by atoms with Crippen LogP contribution in [-0.4, -0.2) is 31.7 Å². The van der Waals surface area contributed by atoms with Crippen molar-refractivity contribution in [3.05, 3.63) is 0 Å². The molecule has 0 aromatic rings. The van der Waals surface area contributed by atoms with E-state index in [1.165, 1.54) is 6.42 Å². The maximum atomic E-state index is 11.7. The number of ether oxygens (including phenoxy) is 1. The first kappa shape index (κ1) is 10.9. The monoisotopic (exact) mass is 212 g/mol. The van der Waals surface area contributed by atoms with Crippen molar-refractivity contribution in [3.8, 4) is 0 Å². The van der Waals surface area contributed by atoms with Gasteiger partial charge in [-0.3, -0.25) is 4.79 Å². The highest BCUT2D eigenvalue weighted by molar-refractivity contribution is 5.77. The second kappa shape index (κ2) is 4.49. The van der Waals surface area contributed by atoms with Gasteiger partial charge in [0, 0.05) is 13.0 Å². The summed E-state index contributed by atoms with van der Waals surface area (Å²) in [4.78, 5) is 11.7. The molecule has 1 unspecified atom stereocenters. The normalized spacial score (nSPS) is 28.5. The molecule has 2 fully saturated rings. The standard InChI is InChI=1S/C11H20N2O2/c12-8-11(3-1-4-11)6-10(14)13-9-2-5-15-7-9/h9H,1-8,12H2,(H,13,14). The van der Waals surface area contributed by atoms with Crippen molar-refractivity contribution >= 4 is 5.91 Å². The molecule has 1 atom stereocenters. The molecule has 0 radical (unpaired) electrons. The van der Waals surface area contributed by atoms with Gasteiger partial charge in [0.05, 0.1) is 12.6 Å². The minimum absolute atomic E-state index is 0.115. The van der Waals surface area contributed by atoms with Gasteiger partial charge in [-0.2, -0.15) is 0 Å². The Labute approximate surface area is 90.5 Å². The second-order valence-electron chi connectivity index (χ2n) is 4.86. The summed E-state index contributed by atoms with van der Waals surface area (Å²) < 4.78 is 5.22. The van der Waals surface area contributed by atoms with E-state index in [9.17, 15) is 4.79 Å². The molecular formula is C11H20N2O2. The number of nitrogens with one attached hydrogen (secondary N) is 1. The molecule has 2 aliphatic rings. The van der Waals surface area contributed by atoms with Crippen LogP contribution in [0.3, 0.4) is 0 Å². The first-order chi connectivity index (χ1) is 7.24. The SMILES string of the molecule is NCC1(CC(=O)NC2CCOC2)CCC1. The highest BCUT2D eigenvalue weighted by atomic mass is 16.5. The molecule has 3 N–H and O–H groups in total. The third-order valence-corrected chi connectivity index (χ3v) is 3.68. The summed E-state index contributed by atoms with van der Waals surface area (Å²) >= 11 is 0. The molecule has 0 aromatic heterocycles. The van der Waals surface area contributed by atoms with Crippen LogP contribution < -0.4 is 11.1 Å². The Balaban J connectivity index is 1.76. The van der Waals surface area contributed by atoms with Crippen molar-refractivity contribution < 1.29 is 9.53 Å². The number of hydrogen-bond acceptors (Lipinski definition) is 3. The number of amides is 1. The highest BCUT2D eigenvalue weighted by Crippen LogP contribution is 2.42. The summed E-state index contributed by atoms with van der Waals surface area (Å²) in [6.45, 7) is 2.08. The Morgan fingerprint density at radius 2 is 2.33 bits per heavy atom. The van der Waals surface area contributed by atoms with Gasteiger partial charge in [0.2, 0.25) is 5.91 Å². The van der Waals surface area contributed by atoms with Gasteiger partial charge in [-0.15, -0.1) is 0 Å². The topological polar surface area (TPSA) is 64.4 Å². The summed E-state index contributed by atoms with van der Waals surface area (Å²) in [6.07, 6.45) is 4.98. The Kier molecular flexibility index (Phi) is 3.26. The zero-order valence-corrected chi connectivity index (χ0v) is 9.13. The van der Waals surface area contributed by atoms with Crippen molar-refractivity contribution in [2.75, 3.05) is 19.8 Å². The summed E-state index contributed by atoms with van der Waals surface area (Å²) in [5.74, 6) is 0.149. The van der Waals surface area contributed by atoms with E-state index in [-0.39, 0.29) is 17.4 Å². The van der Waals surface area contributed by atoms with Crippen LogP contribution in [0.2, 0.25) is 0 Å². The maximum absolute atomic E-state index is 11.7. The fraction of sp³-hybridized carbons (Fsp3) is 0.909. The molecule has 0 aromatic carbocycles. The van der Waals surface area contributed by atoms with E-state index >= 15 is 0 Å². The lowest BCUT2D eigenvalue weighted by atomic mass is 9.66. The minimum Gasteiger partial charge on any atom is -0.379 e. The van der Waals surface area contributed by atoms with Crippen molar-refractivity contribution in [3.63, 3.8) is 0 Å². The predicted molar refractivity (Wildman–Crippen MR) is 57.3 cm³/mol. The average Bonchev–Trinajstić information content (AvgIpc) is 2.64. The number of nitrogens with two attached hydrogens (primary N) is 1. The predicted octanol–water partition coefficient (Wildman–Crippen LogP) is 0.411. The fourth-order valence-corrected chi connectivity index (χ4v) is 2.40. The molecule has 1 aliphatic carbocycles. The molecule has 0 spiro atoms. The van der Waals surface area contributed by atoms with Crippen LogP contribution in [-0.2, 0) is 9.53 Å². The van der Waals surface area contributed by atoms with Crippen molar-refractivity contribution in [1.29, 1.82) is 0 Å². The third kappa shape index (κ3) is 2.49. The van der Waals surface area contributed by atoms with Crippen LogP contribution in [0, 0.1) is 5.41 Å². The molecule has 15 heavy (non-hydrogen) atoms. The first-order valence-electron chi connectivity index (χ1n) is 5.81. The van der Waals surface area contributed by atoms with E-state index in [1.807, 2.05) is 0 Å². The molecule has 1 aliphatic heterocycles. The van der Waals surface area contributed by atoms with E-state index in [1.54, 1.807) is 0 Å². The van der Waals surface area contributed by atoms with E-state index in [0.717, 1.165) is 25.9 Å². The lowest BCUT2D eigenvalue weighted by Crippen LogP contribution is -2.44. The Hall–Kier alpha value is -0.610. The zero-order valence-electron chi connectivity index (χ0n) is 9.13. The smallest absolute Gasteiger partial charge is 0.220 e. The quantitative estimate of drug-likeness (QED) is 0.709. The molecule has 4 heteroatoms. The molecule has 86 valence electrons. The van der Waals surface area contributed by atoms with Gasteiger partial charge in [-0.1, -0.05) is 6.42 Å². The van der Waals surface area contributed by atoms with Crippen LogP contribution in [0.4, 0.5) is 0 Å². The lowest BCUT2D eigenvalue weighted by molar-refractivity contribution is -0.125. The van der Waals surface area contributed by atoms with Gasteiger partial charge in [0.1, 0.15) is 0 Å². The van der Waals surface area contributed by atoms with Crippen LogP contribution in [0.25, 0.3) is 0 Å². The molecule has 2 rings (SSSR count). The van der Waals surface area contributed by atoms with E-state index in [4.69, 9.17) is 10.5 Å². The average molecular weight is 212 g/mol. The molecule has 1 amide bonds. The first-order valence-corrected chi connectivity index (χ1v) is 5.81. The van der Waals surface area contributed by atoms with Gasteiger partial charge < -0.3 is 15.8 Å².